The van der Waals surface area contributed by atoms with Gasteiger partial charge < -0.3 is 15.8 Å². The second-order valence-electron chi connectivity index (χ2n) is 9.53. The molecule has 0 aromatic carbocycles. The van der Waals surface area contributed by atoms with Crippen molar-refractivity contribution in [3.63, 3.8) is 0 Å². The number of ether oxygens (including phenoxy) is 1. The first-order valence-electron chi connectivity index (χ1n) is 11.7. The Morgan fingerprint density at radius 1 is 1.19 bits per heavy atom. The van der Waals surface area contributed by atoms with Crippen molar-refractivity contribution in [1.82, 2.24) is 24.5 Å². The summed E-state index contributed by atoms with van der Waals surface area (Å²) in [5.74, 6) is 0.700. The van der Waals surface area contributed by atoms with Gasteiger partial charge >= 0.3 is 6.18 Å². The fourth-order valence-electron chi connectivity index (χ4n) is 3.29. The summed E-state index contributed by atoms with van der Waals surface area (Å²) in [7, 11) is 0. The minimum absolute atomic E-state index is 0.0521. The zero-order chi connectivity index (χ0) is 26.8. The third-order valence-electron chi connectivity index (χ3n) is 6.21. The average molecular weight is 536 g/mol. The van der Waals surface area contributed by atoms with E-state index < -0.39 is 24.1 Å². The molecule has 0 atom stereocenters. The fraction of sp³-hybridized carbons (Fsp3) is 0.417. The summed E-state index contributed by atoms with van der Waals surface area (Å²) in [6.45, 7) is 5.48. The van der Waals surface area contributed by atoms with Crippen molar-refractivity contribution in [3.05, 3.63) is 48.2 Å². The lowest BCUT2D eigenvalue weighted by atomic mass is 10.0. The van der Waals surface area contributed by atoms with E-state index in [1.54, 1.807) is 36.5 Å². The van der Waals surface area contributed by atoms with Crippen LogP contribution in [0.5, 0.6) is 5.88 Å². The first kappa shape index (κ1) is 26.6. The quantitative estimate of drug-likeness (QED) is 0.310. The second kappa shape index (κ2) is 10.1. The number of nitrogen functional groups attached to an aromatic ring is 1. The third-order valence-corrected chi connectivity index (χ3v) is 6.93. The number of hydrogen-bond acceptors (Lipinski definition) is 8. The fourth-order valence-corrected chi connectivity index (χ4v) is 3.89. The minimum Gasteiger partial charge on any atom is -0.476 e. The number of aromatic nitrogens is 4. The number of nitrogens with one attached hydrogen (secondary N) is 2. The molecule has 3 aromatic rings. The molecule has 0 radical (unpaired) electrons. The van der Waals surface area contributed by atoms with Gasteiger partial charge in [0, 0.05) is 29.8 Å². The van der Waals surface area contributed by atoms with E-state index in [1.807, 2.05) is 20.8 Å². The zero-order valence-electron chi connectivity index (χ0n) is 20.6. The number of alkyl halides is 3. The Morgan fingerprint density at radius 3 is 2.59 bits per heavy atom. The van der Waals surface area contributed by atoms with Crippen molar-refractivity contribution >= 4 is 29.5 Å². The topological polar surface area (TPSA) is 120 Å². The van der Waals surface area contributed by atoms with Crippen molar-refractivity contribution in [1.29, 1.82) is 0 Å². The number of nitrogens with two attached hydrogens (primary N) is 1. The van der Waals surface area contributed by atoms with Crippen LogP contribution in [0.2, 0.25) is 0 Å². The summed E-state index contributed by atoms with van der Waals surface area (Å²) >= 11 is 1.03. The van der Waals surface area contributed by atoms with E-state index >= 15 is 0 Å². The Balaban J connectivity index is 1.53. The zero-order valence-corrected chi connectivity index (χ0v) is 21.4. The molecule has 1 fully saturated rings. The van der Waals surface area contributed by atoms with Crippen LogP contribution >= 0.6 is 11.9 Å². The molecule has 0 saturated heterocycles. The van der Waals surface area contributed by atoms with Crippen molar-refractivity contribution in [2.75, 3.05) is 17.7 Å². The summed E-state index contributed by atoms with van der Waals surface area (Å²) in [6.07, 6.45) is -1.90. The first-order chi connectivity index (χ1) is 17.4. The molecule has 4 rings (SSSR count). The highest BCUT2D eigenvalue weighted by atomic mass is 32.2. The number of carbonyl (C=O) groups excluding carboxylic acids is 1. The number of rotatable bonds is 10. The van der Waals surface area contributed by atoms with Gasteiger partial charge in [0.1, 0.15) is 28.7 Å². The lowest BCUT2D eigenvalue weighted by Crippen LogP contribution is -2.32. The molecule has 3 heterocycles. The highest BCUT2D eigenvalue weighted by Gasteiger charge is 2.64. The molecular formula is C24H28F3N7O2S. The van der Waals surface area contributed by atoms with Crippen molar-refractivity contribution in [2.24, 2.45) is 5.41 Å². The number of anilines is 2. The number of hydrogen-bond donors (Lipinski definition) is 3. The number of nitrogens with zero attached hydrogens (tertiary/aromatic N) is 4. The average Bonchev–Trinajstić information content (AvgIpc) is 3.51. The molecule has 198 valence electrons. The van der Waals surface area contributed by atoms with E-state index in [2.05, 4.69) is 25.1 Å². The molecule has 37 heavy (non-hydrogen) atoms. The van der Waals surface area contributed by atoms with Crippen LogP contribution in [0.25, 0.3) is 5.82 Å². The number of halogens is 3. The summed E-state index contributed by atoms with van der Waals surface area (Å²) < 4.78 is 49.0. The Labute approximate surface area is 216 Å². The van der Waals surface area contributed by atoms with E-state index in [0.717, 1.165) is 18.4 Å². The van der Waals surface area contributed by atoms with Gasteiger partial charge in [-0.05, 0) is 57.4 Å². The maximum absolute atomic E-state index is 13.2. The predicted molar refractivity (Wildman–Crippen MR) is 135 cm³/mol. The Morgan fingerprint density at radius 2 is 1.95 bits per heavy atom. The van der Waals surface area contributed by atoms with Crippen LogP contribution in [0.4, 0.5) is 24.8 Å². The SMILES string of the molecule is CCC(C)(C)Nc1nc(-n2ccc(OCC3(C(F)(F)F)CC3)n2)ccc1C(=O)NSc1cccc(N)n1. The van der Waals surface area contributed by atoms with E-state index in [9.17, 15) is 18.0 Å². The summed E-state index contributed by atoms with van der Waals surface area (Å²) in [5.41, 5.74) is 3.83. The molecule has 1 saturated carbocycles. The smallest absolute Gasteiger partial charge is 0.397 e. The minimum atomic E-state index is -4.30. The summed E-state index contributed by atoms with van der Waals surface area (Å²) in [6, 6.07) is 9.78. The van der Waals surface area contributed by atoms with Gasteiger partial charge in [-0.15, -0.1) is 5.10 Å². The highest BCUT2D eigenvalue weighted by molar-refractivity contribution is 7.97. The van der Waals surface area contributed by atoms with Gasteiger partial charge in [0.2, 0.25) is 5.88 Å². The lowest BCUT2D eigenvalue weighted by molar-refractivity contribution is -0.194. The maximum atomic E-state index is 13.2. The van der Waals surface area contributed by atoms with E-state index in [4.69, 9.17) is 10.5 Å². The molecule has 0 aliphatic heterocycles. The van der Waals surface area contributed by atoms with Crippen LogP contribution in [0.15, 0.2) is 47.6 Å². The van der Waals surface area contributed by atoms with Gasteiger partial charge in [0.15, 0.2) is 5.82 Å². The van der Waals surface area contributed by atoms with Crippen molar-refractivity contribution < 1.29 is 22.7 Å². The van der Waals surface area contributed by atoms with E-state index in [1.165, 1.54) is 10.7 Å². The first-order valence-corrected chi connectivity index (χ1v) is 12.5. The molecule has 4 N–H and O–H groups in total. The van der Waals surface area contributed by atoms with Gasteiger partial charge in [-0.25, -0.2) is 14.6 Å². The van der Waals surface area contributed by atoms with E-state index in [0.29, 0.717) is 28.0 Å². The molecule has 0 unspecified atom stereocenters. The van der Waals surface area contributed by atoms with Gasteiger partial charge in [-0.3, -0.25) is 9.52 Å². The van der Waals surface area contributed by atoms with Crippen LogP contribution in [0.3, 0.4) is 0 Å². The Kier molecular flexibility index (Phi) is 7.27. The molecule has 0 spiro atoms. The van der Waals surface area contributed by atoms with Crippen molar-refractivity contribution in [2.45, 2.75) is 56.8 Å². The Hall–Kier alpha value is -3.48. The Bertz CT molecular complexity index is 1280. The molecule has 1 aliphatic carbocycles. The van der Waals surface area contributed by atoms with Crippen molar-refractivity contribution in [3.8, 4) is 11.7 Å². The van der Waals surface area contributed by atoms with E-state index in [-0.39, 0.29) is 24.3 Å². The monoisotopic (exact) mass is 535 g/mol. The summed E-state index contributed by atoms with van der Waals surface area (Å²) in [4.78, 5) is 21.7. The predicted octanol–water partition coefficient (Wildman–Crippen LogP) is 5.00. The van der Waals surface area contributed by atoms with Crippen LogP contribution in [-0.4, -0.2) is 44.0 Å². The highest BCUT2D eigenvalue weighted by Crippen LogP contribution is 2.57. The van der Waals surface area contributed by atoms with Crippen LogP contribution in [-0.2, 0) is 0 Å². The normalized spacial score (nSPS) is 14.8. The van der Waals surface area contributed by atoms with Crippen LogP contribution in [0.1, 0.15) is 50.4 Å². The molecule has 1 amide bonds. The second-order valence-corrected chi connectivity index (χ2v) is 10.4. The standard InChI is InChI=1S/C24H28F3N7O2S/c1-4-22(2,3)31-20-15(21(35)33-37-19-7-5-6-16(28)29-19)8-9-17(30-20)34-13-10-18(32-34)36-14-23(11-12-23)24(25,26)27/h5-10,13H,4,11-12,14H2,1-3H3,(H2,28,29)(H,30,31)(H,33,35). The maximum Gasteiger partial charge on any atom is 0.397 e. The van der Waals surface area contributed by atoms with Gasteiger partial charge in [0.05, 0.1) is 5.56 Å². The largest absolute Gasteiger partial charge is 0.476 e. The number of carbonyl (C=O) groups is 1. The molecule has 3 aromatic heterocycles. The number of pyridine rings is 2. The van der Waals surface area contributed by atoms with Gasteiger partial charge in [-0.1, -0.05) is 13.0 Å². The van der Waals surface area contributed by atoms with Crippen LogP contribution in [0, 0.1) is 5.41 Å². The van der Waals surface area contributed by atoms with Crippen LogP contribution < -0.4 is 20.5 Å². The van der Waals surface area contributed by atoms with Gasteiger partial charge in [0.25, 0.3) is 5.91 Å². The van der Waals surface area contributed by atoms with Gasteiger partial charge in [-0.2, -0.15) is 13.2 Å². The molecule has 0 bridgehead atoms. The third kappa shape index (κ3) is 6.27. The lowest BCUT2D eigenvalue weighted by Gasteiger charge is -2.26. The molecular weight excluding hydrogens is 507 g/mol. The molecule has 9 nitrogen and oxygen atoms in total. The summed E-state index contributed by atoms with van der Waals surface area (Å²) in [5, 5.41) is 8.05. The molecule has 13 heteroatoms. The number of amides is 1. The molecule has 1 aliphatic rings.